The van der Waals surface area contributed by atoms with Crippen molar-refractivity contribution >= 4 is 28.3 Å². The number of amides is 2. The predicted octanol–water partition coefficient (Wildman–Crippen LogP) is 3.05. The van der Waals surface area contributed by atoms with Gasteiger partial charge >= 0.3 is 6.18 Å². The van der Waals surface area contributed by atoms with Gasteiger partial charge in [-0.05, 0) is 17.7 Å². The van der Waals surface area contributed by atoms with Crippen molar-refractivity contribution in [2.75, 3.05) is 5.32 Å². The van der Waals surface area contributed by atoms with Crippen LogP contribution in [-0.2, 0) is 17.5 Å². The van der Waals surface area contributed by atoms with Gasteiger partial charge in [0.1, 0.15) is 0 Å². The third kappa shape index (κ3) is 4.78. The Hall–Kier alpha value is -2.42. The fraction of sp³-hybridized carbons (Fsp3) is 0.214. The molecule has 0 saturated heterocycles. The number of carbonyl (C=O) groups is 2. The molecule has 0 atom stereocenters. The third-order valence-electron chi connectivity index (χ3n) is 2.77. The Morgan fingerprint density at radius 2 is 1.87 bits per heavy atom. The average Bonchev–Trinajstić information content (AvgIpc) is 2.94. The van der Waals surface area contributed by atoms with Gasteiger partial charge < -0.3 is 5.32 Å². The summed E-state index contributed by atoms with van der Waals surface area (Å²) < 4.78 is 37.3. The fourth-order valence-corrected chi connectivity index (χ4v) is 2.34. The molecular weight excluding hydrogens is 331 g/mol. The molecule has 0 unspecified atom stereocenters. The molecule has 9 heteroatoms. The van der Waals surface area contributed by atoms with Crippen LogP contribution in [0.3, 0.4) is 0 Å². The highest BCUT2D eigenvalue weighted by Gasteiger charge is 2.33. The highest BCUT2D eigenvalue weighted by Crippen LogP contribution is 2.31. The van der Waals surface area contributed by atoms with Crippen molar-refractivity contribution in [3.63, 3.8) is 0 Å². The van der Waals surface area contributed by atoms with Gasteiger partial charge in [-0.25, -0.2) is 4.98 Å². The number of carbonyl (C=O) groups excluding carboxylic acids is 2. The lowest BCUT2D eigenvalue weighted by molar-refractivity contribution is -0.140. The zero-order chi connectivity index (χ0) is 17.0. The highest BCUT2D eigenvalue weighted by atomic mass is 32.1. The number of hydrogen-bond donors (Lipinski definition) is 2. The largest absolute Gasteiger partial charge is 0.434 e. The molecule has 2 amide bonds. The van der Waals surface area contributed by atoms with Crippen molar-refractivity contribution in [3.8, 4) is 0 Å². The van der Waals surface area contributed by atoms with Crippen molar-refractivity contribution in [2.24, 2.45) is 0 Å². The monoisotopic (exact) mass is 343 g/mol. The summed E-state index contributed by atoms with van der Waals surface area (Å²) in [5.74, 6) is -0.727. The lowest BCUT2D eigenvalue weighted by Crippen LogP contribution is -2.19. The minimum absolute atomic E-state index is 0.121. The van der Waals surface area contributed by atoms with Gasteiger partial charge in [-0.1, -0.05) is 12.1 Å². The van der Waals surface area contributed by atoms with Crippen LogP contribution in [0.4, 0.5) is 18.3 Å². The number of nitrogens with zero attached hydrogens (tertiary/aromatic N) is 1. The van der Waals surface area contributed by atoms with E-state index in [-0.39, 0.29) is 16.6 Å². The third-order valence-corrected chi connectivity index (χ3v) is 3.53. The molecule has 1 aromatic carbocycles. The maximum atomic E-state index is 12.4. The van der Waals surface area contributed by atoms with Gasteiger partial charge in [-0.15, -0.1) is 11.3 Å². The van der Waals surface area contributed by atoms with Crippen molar-refractivity contribution < 1.29 is 22.8 Å². The molecule has 2 aromatic rings. The quantitative estimate of drug-likeness (QED) is 0.896. The number of halogens is 3. The first-order valence-corrected chi connectivity index (χ1v) is 7.31. The minimum atomic E-state index is -4.54. The predicted molar refractivity (Wildman–Crippen MR) is 79.0 cm³/mol. The van der Waals surface area contributed by atoms with Crippen molar-refractivity contribution in [3.05, 3.63) is 46.5 Å². The maximum Gasteiger partial charge on any atom is 0.434 e. The van der Waals surface area contributed by atoms with Gasteiger partial charge in [0.25, 0.3) is 5.91 Å². The van der Waals surface area contributed by atoms with E-state index in [2.05, 4.69) is 15.6 Å². The van der Waals surface area contributed by atoms with E-state index in [1.54, 1.807) is 12.1 Å². The standard InChI is InChI=1S/C14H12F3N3O2S/c1-8(21)18-6-9-2-4-10(5-3-9)12(22)20-13-19-11(7-23-13)14(15,16)17/h2-5,7H,6H2,1H3,(H,18,21)(H,19,20,22). The Morgan fingerprint density at radius 1 is 1.22 bits per heavy atom. The minimum Gasteiger partial charge on any atom is -0.352 e. The van der Waals surface area contributed by atoms with Crippen LogP contribution in [-0.4, -0.2) is 16.8 Å². The zero-order valence-electron chi connectivity index (χ0n) is 11.9. The van der Waals surface area contributed by atoms with Crippen molar-refractivity contribution in [1.82, 2.24) is 10.3 Å². The Morgan fingerprint density at radius 3 is 2.39 bits per heavy atom. The van der Waals surface area contributed by atoms with Gasteiger partial charge in [-0.2, -0.15) is 13.2 Å². The number of rotatable bonds is 4. The van der Waals surface area contributed by atoms with Crippen LogP contribution in [0.5, 0.6) is 0 Å². The molecule has 2 rings (SSSR count). The SMILES string of the molecule is CC(=O)NCc1ccc(C(=O)Nc2nc(C(F)(F)F)cs2)cc1. The number of alkyl halides is 3. The summed E-state index contributed by atoms with van der Waals surface area (Å²) in [6, 6.07) is 6.33. The smallest absolute Gasteiger partial charge is 0.352 e. The van der Waals surface area contributed by atoms with Gasteiger partial charge in [0.15, 0.2) is 10.8 Å². The van der Waals surface area contributed by atoms with Crippen molar-refractivity contribution in [1.29, 1.82) is 0 Å². The maximum absolute atomic E-state index is 12.4. The van der Waals surface area contributed by atoms with Crippen LogP contribution in [0.15, 0.2) is 29.6 Å². The molecule has 0 bridgehead atoms. The van der Waals surface area contributed by atoms with Gasteiger partial charge in [0.2, 0.25) is 5.91 Å². The molecule has 1 heterocycles. The molecule has 0 saturated carbocycles. The van der Waals surface area contributed by atoms with E-state index in [9.17, 15) is 22.8 Å². The molecule has 0 fully saturated rings. The van der Waals surface area contributed by atoms with Gasteiger partial charge in [0, 0.05) is 24.4 Å². The first-order chi connectivity index (χ1) is 10.8. The molecule has 0 aliphatic carbocycles. The van der Waals surface area contributed by atoms with E-state index in [4.69, 9.17) is 0 Å². The second kappa shape index (κ2) is 6.78. The van der Waals surface area contributed by atoms with E-state index >= 15 is 0 Å². The Bertz CT molecular complexity index is 711. The average molecular weight is 343 g/mol. The van der Waals surface area contributed by atoms with Crippen LogP contribution in [0, 0.1) is 0 Å². The summed E-state index contributed by atoms with van der Waals surface area (Å²) in [4.78, 5) is 26.1. The lowest BCUT2D eigenvalue weighted by atomic mass is 10.1. The Balaban J connectivity index is 2.00. The number of nitrogens with one attached hydrogen (secondary N) is 2. The first kappa shape index (κ1) is 16.9. The van der Waals surface area contributed by atoms with Crippen LogP contribution >= 0.6 is 11.3 Å². The summed E-state index contributed by atoms with van der Waals surface area (Å²) in [6.07, 6.45) is -4.54. The molecular formula is C14H12F3N3O2S. The molecule has 23 heavy (non-hydrogen) atoms. The molecule has 2 N–H and O–H groups in total. The van der Waals surface area contributed by atoms with E-state index < -0.39 is 17.8 Å². The molecule has 1 aromatic heterocycles. The Kier molecular flexibility index (Phi) is 4.99. The second-order valence-electron chi connectivity index (χ2n) is 4.60. The van der Waals surface area contributed by atoms with Crippen LogP contribution in [0.1, 0.15) is 28.5 Å². The van der Waals surface area contributed by atoms with E-state index in [0.29, 0.717) is 17.9 Å². The fourth-order valence-electron chi connectivity index (χ4n) is 1.63. The summed E-state index contributed by atoms with van der Waals surface area (Å²) in [5, 5.41) is 5.65. The Labute approximate surface area is 133 Å². The summed E-state index contributed by atoms with van der Waals surface area (Å²) in [6.45, 7) is 1.73. The number of benzene rings is 1. The van der Waals surface area contributed by atoms with E-state index in [0.717, 1.165) is 10.9 Å². The molecule has 0 aliphatic heterocycles. The highest BCUT2D eigenvalue weighted by molar-refractivity contribution is 7.14. The van der Waals surface area contributed by atoms with Crippen LogP contribution < -0.4 is 10.6 Å². The van der Waals surface area contributed by atoms with Gasteiger partial charge in [-0.3, -0.25) is 14.9 Å². The zero-order valence-corrected chi connectivity index (χ0v) is 12.7. The van der Waals surface area contributed by atoms with Gasteiger partial charge in [0.05, 0.1) is 0 Å². The normalized spacial score (nSPS) is 11.1. The van der Waals surface area contributed by atoms with Crippen LogP contribution in [0.25, 0.3) is 0 Å². The van der Waals surface area contributed by atoms with Crippen molar-refractivity contribution in [2.45, 2.75) is 19.6 Å². The summed E-state index contributed by atoms with van der Waals surface area (Å²) >= 11 is 0.703. The number of aromatic nitrogens is 1. The second-order valence-corrected chi connectivity index (χ2v) is 5.45. The molecule has 5 nitrogen and oxygen atoms in total. The number of anilines is 1. The summed E-state index contributed by atoms with van der Waals surface area (Å²) in [7, 11) is 0. The molecule has 122 valence electrons. The van der Waals surface area contributed by atoms with E-state index in [1.165, 1.54) is 19.1 Å². The van der Waals surface area contributed by atoms with E-state index in [1.807, 2.05) is 0 Å². The first-order valence-electron chi connectivity index (χ1n) is 6.43. The number of thiazole rings is 1. The molecule has 0 spiro atoms. The topological polar surface area (TPSA) is 71.1 Å². The molecule has 0 radical (unpaired) electrons. The summed E-state index contributed by atoms with van der Waals surface area (Å²) in [5.41, 5.74) is 0.0362. The number of hydrogen-bond acceptors (Lipinski definition) is 4. The molecule has 0 aliphatic rings. The van der Waals surface area contributed by atoms with Crippen LogP contribution in [0.2, 0.25) is 0 Å². The lowest BCUT2D eigenvalue weighted by Gasteiger charge is -2.05.